The van der Waals surface area contributed by atoms with Gasteiger partial charge in [0.2, 0.25) is 0 Å². The summed E-state index contributed by atoms with van der Waals surface area (Å²) in [6, 6.07) is 7.46. The van der Waals surface area contributed by atoms with Crippen LogP contribution in [-0.2, 0) is 6.42 Å². The number of carbonyl (C=O) groups excluding carboxylic acids is 1. The Balaban J connectivity index is 1.66. The molecule has 0 unspecified atom stereocenters. The first-order valence-electron chi connectivity index (χ1n) is 6.30. The van der Waals surface area contributed by atoms with Crippen molar-refractivity contribution >= 4 is 16.9 Å². The molecule has 0 radical (unpaired) electrons. The van der Waals surface area contributed by atoms with Gasteiger partial charge >= 0.3 is 0 Å². The zero-order valence-corrected chi connectivity index (χ0v) is 10.7. The van der Waals surface area contributed by atoms with Gasteiger partial charge in [-0.05, 0) is 12.1 Å². The molecule has 0 atom stereocenters. The van der Waals surface area contributed by atoms with Gasteiger partial charge in [0, 0.05) is 24.9 Å². The van der Waals surface area contributed by atoms with E-state index in [9.17, 15) is 4.79 Å². The minimum atomic E-state index is -0.220. The smallest absolute Gasteiger partial charge is 0.271 e. The maximum Gasteiger partial charge on any atom is 0.271 e. The Kier molecular flexibility index (Phi) is 3.36. The highest BCUT2D eigenvalue weighted by atomic mass is 16.1. The summed E-state index contributed by atoms with van der Waals surface area (Å²) in [5.74, 6) is -0.220. The number of hydrogen-bond acceptors (Lipinski definition) is 4. The molecule has 2 heterocycles. The second kappa shape index (κ2) is 5.48. The van der Waals surface area contributed by atoms with Crippen LogP contribution in [0.25, 0.3) is 11.0 Å². The van der Waals surface area contributed by atoms with Crippen molar-refractivity contribution in [1.82, 2.24) is 25.3 Å². The number of rotatable bonds is 4. The third-order valence-corrected chi connectivity index (χ3v) is 2.92. The lowest BCUT2D eigenvalue weighted by Gasteiger charge is -2.04. The molecule has 20 heavy (non-hydrogen) atoms. The molecule has 6 heteroatoms. The lowest BCUT2D eigenvalue weighted by Crippen LogP contribution is -2.26. The molecule has 1 aromatic carbocycles. The number of benzene rings is 1. The molecule has 100 valence electrons. The van der Waals surface area contributed by atoms with E-state index in [1.54, 1.807) is 12.5 Å². The van der Waals surface area contributed by atoms with Crippen molar-refractivity contribution < 1.29 is 4.79 Å². The van der Waals surface area contributed by atoms with E-state index in [0.717, 1.165) is 11.2 Å². The zero-order chi connectivity index (χ0) is 13.8. The Morgan fingerprint density at radius 2 is 2.05 bits per heavy atom. The number of hydrogen-bond donors (Lipinski definition) is 2. The highest BCUT2D eigenvalue weighted by molar-refractivity contribution is 5.93. The van der Waals surface area contributed by atoms with E-state index < -0.39 is 0 Å². The Morgan fingerprint density at radius 3 is 2.85 bits per heavy atom. The summed E-state index contributed by atoms with van der Waals surface area (Å²) in [7, 11) is 0. The molecule has 0 saturated carbocycles. The van der Waals surface area contributed by atoms with Crippen LogP contribution < -0.4 is 5.32 Å². The number of carbonyl (C=O) groups is 1. The predicted molar refractivity (Wildman–Crippen MR) is 74.2 cm³/mol. The van der Waals surface area contributed by atoms with E-state index in [4.69, 9.17) is 0 Å². The second-order valence-electron chi connectivity index (χ2n) is 4.33. The molecule has 0 saturated heterocycles. The van der Waals surface area contributed by atoms with Gasteiger partial charge in [0.1, 0.15) is 5.69 Å². The molecular weight excluding hydrogens is 254 g/mol. The van der Waals surface area contributed by atoms with Crippen LogP contribution in [0.3, 0.4) is 0 Å². The number of aromatic nitrogens is 4. The van der Waals surface area contributed by atoms with Crippen LogP contribution in [0.1, 0.15) is 16.2 Å². The van der Waals surface area contributed by atoms with Crippen molar-refractivity contribution in [2.75, 3.05) is 6.54 Å². The molecule has 6 nitrogen and oxygen atoms in total. The number of amides is 1. The molecule has 3 aromatic rings. The van der Waals surface area contributed by atoms with Crippen molar-refractivity contribution in [2.45, 2.75) is 6.42 Å². The summed E-state index contributed by atoms with van der Waals surface area (Å²) in [5, 5.41) is 2.81. The molecule has 0 aliphatic heterocycles. The van der Waals surface area contributed by atoms with E-state index in [0.29, 0.717) is 24.2 Å². The summed E-state index contributed by atoms with van der Waals surface area (Å²) >= 11 is 0. The van der Waals surface area contributed by atoms with Crippen molar-refractivity contribution in [3.05, 3.63) is 54.4 Å². The van der Waals surface area contributed by atoms with Gasteiger partial charge in [0.05, 0.1) is 23.6 Å². The van der Waals surface area contributed by atoms with Gasteiger partial charge in [-0.2, -0.15) is 0 Å². The van der Waals surface area contributed by atoms with Crippen LogP contribution >= 0.6 is 0 Å². The third-order valence-electron chi connectivity index (χ3n) is 2.92. The van der Waals surface area contributed by atoms with E-state index in [1.807, 2.05) is 24.3 Å². The fourth-order valence-electron chi connectivity index (χ4n) is 1.89. The maximum absolute atomic E-state index is 12.0. The largest absolute Gasteiger partial charge is 0.350 e. The van der Waals surface area contributed by atoms with Crippen molar-refractivity contribution in [3.8, 4) is 0 Å². The van der Waals surface area contributed by atoms with Crippen LogP contribution in [-0.4, -0.2) is 32.4 Å². The molecule has 3 rings (SSSR count). The Bertz CT molecular complexity index is 723. The van der Waals surface area contributed by atoms with Crippen LogP contribution in [0.15, 0.2) is 43.0 Å². The number of fused-ring (bicyclic) bond motifs is 1. The average Bonchev–Trinajstić information content (AvgIpc) is 3.00. The number of nitrogens with one attached hydrogen (secondary N) is 2. The van der Waals surface area contributed by atoms with Gasteiger partial charge in [0.15, 0.2) is 0 Å². The molecular formula is C14H13N5O. The fraction of sp³-hybridized carbons (Fsp3) is 0.143. The van der Waals surface area contributed by atoms with Crippen molar-refractivity contribution in [3.63, 3.8) is 0 Å². The van der Waals surface area contributed by atoms with E-state index in [1.165, 1.54) is 6.20 Å². The van der Waals surface area contributed by atoms with Crippen LogP contribution in [0.4, 0.5) is 0 Å². The van der Waals surface area contributed by atoms with Gasteiger partial charge in [-0.3, -0.25) is 9.78 Å². The number of para-hydroxylation sites is 2. The quantitative estimate of drug-likeness (QED) is 0.747. The summed E-state index contributed by atoms with van der Waals surface area (Å²) in [6.45, 7) is 0.523. The summed E-state index contributed by atoms with van der Waals surface area (Å²) in [4.78, 5) is 27.4. The molecule has 0 bridgehead atoms. The van der Waals surface area contributed by atoms with Gasteiger partial charge in [0.25, 0.3) is 5.91 Å². The van der Waals surface area contributed by atoms with Crippen molar-refractivity contribution in [2.24, 2.45) is 0 Å². The maximum atomic E-state index is 12.0. The van der Waals surface area contributed by atoms with E-state index in [2.05, 4.69) is 25.3 Å². The Labute approximate surface area is 115 Å². The summed E-state index contributed by atoms with van der Waals surface area (Å²) in [6.07, 6.45) is 5.55. The highest BCUT2D eigenvalue weighted by Gasteiger charge is 2.08. The first-order valence-corrected chi connectivity index (χ1v) is 6.30. The minimum Gasteiger partial charge on any atom is -0.350 e. The Hall–Kier alpha value is -2.76. The van der Waals surface area contributed by atoms with Gasteiger partial charge in [-0.25, -0.2) is 9.97 Å². The standard InChI is InChI=1S/C14H13N5O/c20-14(16-6-5-10-7-15-9-18-10)13-8-17-11-3-1-2-4-12(11)19-13/h1-4,7-9H,5-6H2,(H,15,18)(H,16,20). The Morgan fingerprint density at radius 1 is 1.20 bits per heavy atom. The lowest BCUT2D eigenvalue weighted by molar-refractivity contribution is 0.0949. The summed E-state index contributed by atoms with van der Waals surface area (Å²) < 4.78 is 0. The summed E-state index contributed by atoms with van der Waals surface area (Å²) in [5.41, 5.74) is 2.80. The van der Waals surface area contributed by atoms with Crippen LogP contribution in [0.5, 0.6) is 0 Å². The normalized spacial score (nSPS) is 10.6. The average molecular weight is 267 g/mol. The molecule has 0 aliphatic rings. The van der Waals surface area contributed by atoms with E-state index >= 15 is 0 Å². The molecule has 0 spiro atoms. The van der Waals surface area contributed by atoms with Gasteiger partial charge < -0.3 is 10.3 Å². The molecule has 1 amide bonds. The number of aromatic amines is 1. The SMILES string of the molecule is O=C(NCCc1cnc[nH]1)c1cnc2ccccc2n1. The molecule has 0 aliphatic carbocycles. The van der Waals surface area contributed by atoms with Crippen molar-refractivity contribution in [1.29, 1.82) is 0 Å². The second-order valence-corrected chi connectivity index (χ2v) is 4.33. The fourth-order valence-corrected chi connectivity index (χ4v) is 1.89. The molecule has 2 N–H and O–H groups in total. The topological polar surface area (TPSA) is 83.6 Å². The first kappa shape index (κ1) is 12.3. The van der Waals surface area contributed by atoms with Crippen LogP contribution in [0.2, 0.25) is 0 Å². The minimum absolute atomic E-state index is 0.220. The zero-order valence-electron chi connectivity index (χ0n) is 10.7. The molecule has 0 fully saturated rings. The molecule has 2 aromatic heterocycles. The third kappa shape index (κ3) is 2.64. The number of H-pyrrole nitrogens is 1. The number of nitrogens with zero attached hydrogens (tertiary/aromatic N) is 3. The monoisotopic (exact) mass is 267 g/mol. The highest BCUT2D eigenvalue weighted by Crippen LogP contribution is 2.08. The lowest BCUT2D eigenvalue weighted by atomic mass is 10.3. The number of imidazole rings is 1. The predicted octanol–water partition coefficient (Wildman–Crippen LogP) is 1.33. The van der Waals surface area contributed by atoms with Gasteiger partial charge in [-0.15, -0.1) is 0 Å². The van der Waals surface area contributed by atoms with Gasteiger partial charge in [-0.1, -0.05) is 12.1 Å². The van der Waals surface area contributed by atoms with E-state index in [-0.39, 0.29) is 5.91 Å². The first-order chi connectivity index (χ1) is 9.83. The van der Waals surface area contributed by atoms with Crippen LogP contribution in [0, 0.1) is 0 Å².